The lowest BCUT2D eigenvalue weighted by atomic mass is 9.89. The van der Waals surface area contributed by atoms with Crippen LogP contribution in [0.2, 0.25) is 0 Å². The Kier molecular flexibility index (Phi) is 5.35. The molecular formula is C16H25FN2O. The van der Waals surface area contributed by atoms with Crippen molar-refractivity contribution in [2.75, 3.05) is 20.1 Å². The lowest BCUT2D eigenvalue weighted by Gasteiger charge is -2.34. The summed E-state index contributed by atoms with van der Waals surface area (Å²) in [5, 5.41) is 3.32. The zero-order valence-corrected chi connectivity index (χ0v) is 12.4. The van der Waals surface area contributed by atoms with Crippen LogP contribution in [0, 0.1) is 11.8 Å². The Morgan fingerprint density at radius 2 is 2.20 bits per heavy atom. The second-order valence-electron chi connectivity index (χ2n) is 6.01. The van der Waals surface area contributed by atoms with Crippen molar-refractivity contribution in [3.63, 3.8) is 0 Å². The van der Waals surface area contributed by atoms with Gasteiger partial charge in [0.15, 0.2) is 0 Å². The lowest BCUT2D eigenvalue weighted by Crippen LogP contribution is -2.45. The van der Waals surface area contributed by atoms with E-state index in [1.807, 2.05) is 24.9 Å². The summed E-state index contributed by atoms with van der Waals surface area (Å²) in [7, 11) is 1.92. The number of nitrogens with one attached hydrogen (secondary N) is 1. The van der Waals surface area contributed by atoms with Crippen molar-refractivity contribution in [2.45, 2.75) is 38.6 Å². The van der Waals surface area contributed by atoms with E-state index in [0.29, 0.717) is 12.5 Å². The van der Waals surface area contributed by atoms with Gasteiger partial charge in [-0.25, -0.2) is 4.39 Å². The van der Waals surface area contributed by atoms with Gasteiger partial charge in [0.1, 0.15) is 5.83 Å². The van der Waals surface area contributed by atoms with Crippen molar-refractivity contribution in [3.8, 4) is 0 Å². The number of hydrogen-bond donors (Lipinski definition) is 1. The van der Waals surface area contributed by atoms with Crippen molar-refractivity contribution in [2.24, 2.45) is 11.8 Å². The smallest absolute Gasteiger partial charge is 0.225 e. The van der Waals surface area contributed by atoms with Gasteiger partial charge in [-0.05, 0) is 56.8 Å². The summed E-state index contributed by atoms with van der Waals surface area (Å²) in [4.78, 5) is 14.4. The van der Waals surface area contributed by atoms with Gasteiger partial charge in [0, 0.05) is 19.0 Å². The van der Waals surface area contributed by atoms with Crippen LogP contribution < -0.4 is 5.32 Å². The second-order valence-corrected chi connectivity index (χ2v) is 6.01. The first-order chi connectivity index (χ1) is 9.58. The molecule has 0 bridgehead atoms. The van der Waals surface area contributed by atoms with E-state index < -0.39 is 0 Å². The molecule has 112 valence electrons. The number of amides is 1. The molecule has 0 aromatic carbocycles. The number of halogens is 1. The van der Waals surface area contributed by atoms with Crippen LogP contribution in [0.3, 0.4) is 0 Å². The number of rotatable bonds is 4. The maximum atomic E-state index is 12.9. The average molecular weight is 280 g/mol. The minimum Gasteiger partial charge on any atom is -0.342 e. The molecule has 1 N–H and O–H groups in total. The molecule has 3 nitrogen and oxygen atoms in total. The SMILES string of the molecule is C[C@@H](CC1C=CC(F)=CC1)C(=O)N(C)C1CCNCC1. The third-order valence-electron chi connectivity index (χ3n) is 4.43. The highest BCUT2D eigenvalue weighted by atomic mass is 19.1. The monoisotopic (exact) mass is 280 g/mol. The third kappa shape index (κ3) is 3.92. The molecule has 0 spiro atoms. The fourth-order valence-electron chi connectivity index (χ4n) is 3.09. The van der Waals surface area contributed by atoms with Crippen LogP contribution in [-0.4, -0.2) is 37.0 Å². The van der Waals surface area contributed by atoms with E-state index in [4.69, 9.17) is 0 Å². The summed E-state index contributed by atoms with van der Waals surface area (Å²) in [5.41, 5.74) is 0. The Labute approximate surface area is 120 Å². The van der Waals surface area contributed by atoms with Crippen LogP contribution in [0.15, 0.2) is 24.1 Å². The van der Waals surface area contributed by atoms with E-state index >= 15 is 0 Å². The van der Waals surface area contributed by atoms with Gasteiger partial charge < -0.3 is 10.2 Å². The zero-order valence-electron chi connectivity index (χ0n) is 12.4. The Balaban J connectivity index is 1.83. The van der Waals surface area contributed by atoms with Crippen LogP contribution in [0.1, 0.15) is 32.6 Å². The molecule has 2 aliphatic rings. The first-order valence-corrected chi connectivity index (χ1v) is 7.59. The highest BCUT2D eigenvalue weighted by molar-refractivity contribution is 5.78. The minimum absolute atomic E-state index is 0.000836. The second kappa shape index (κ2) is 7.02. The predicted molar refractivity (Wildman–Crippen MR) is 78.9 cm³/mol. The van der Waals surface area contributed by atoms with Gasteiger partial charge in [0.2, 0.25) is 5.91 Å². The summed E-state index contributed by atoms with van der Waals surface area (Å²) in [6, 6.07) is 0.366. The fourth-order valence-corrected chi connectivity index (χ4v) is 3.09. The minimum atomic E-state index is -0.160. The van der Waals surface area contributed by atoms with Gasteiger partial charge in [-0.1, -0.05) is 13.0 Å². The highest BCUT2D eigenvalue weighted by Crippen LogP contribution is 2.25. The summed E-state index contributed by atoms with van der Waals surface area (Å²) < 4.78 is 12.9. The van der Waals surface area contributed by atoms with Gasteiger partial charge in [-0.15, -0.1) is 0 Å². The summed E-state index contributed by atoms with van der Waals surface area (Å²) in [6.45, 7) is 3.97. The molecule has 4 heteroatoms. The quantitative estimate of drug-likeness (QED) is 0.858. The number of piperidine rings is 1. The number of allylic oxidation sites excluding steroid dienone is 4. The van der Waals surface area contributed by atoms with Gasteiger partial charge >= 0.3 is 0 Å². The maximum Gasteiger partial charge on any atom is 0.225 e. The molecular weight excluding hydrogens is 255 g/mol. The molecule has 1 heterocycles. The molecule has 20 heavy (non-hydrogen) atoms. The molecule has 2 atom stereocenters. The molecule has 1 unspecified atom stereocenters. The standard InChI is InChI=1S/C16H25FN2O/c1-12(11-13-3-5-14(17)6-4-13)16(20)19(2)15-7-9-18-10-8-15/h3,5-6,12-13,15,18H,4,7-11H2,1-2H3/t12-,13?/m0/s1. The average Bonchev–Trinajstić information content (AvgIpc) is 2.49. The van der Waals surface area contributed by atoms with E-state index in [-0.39, 0.29) is 23.6 Å². The first kappa shape index (κ1) is 15.2. The van der Waals surface area contributed by atoms with Crippen molar-refractivity contribution >= 4 is 5.91 Å². The molecule has 0 aromatic rings. The topological polar surface area (TPSA) is 32.3 Å². The third-order valence-corrected chi connectivity index (χ3v) is 4.43. The Hall–Kier alpha value is -1.16. The summed E-state index contributed by atoms with van der Waals surface area (Å²) in [5.74, 6) is 0.348. The highest BCUT2D eigenvalue weighted by Gasteiger charge is 2.26. The predicted octanol–water partition coefficient (Wildman–Crippen LogP) is 2.65. The number of carbonyl (C=O) groups excluding carboxylic acids is 1. The Morgan fingerprint density at radius 1 is 1.50 bits per heavy atom. The molecule has 1 aliphatic heterocycles. The molecule has 2 rings (SSSR count). The van der Waals surface area contributed by atoms with Crippen molar-refractivity contribution in [1.82, 2.24) is 10.2 Å². The van der Waals surface area contributed by atoms with Crippen molar-refractivity contribution in [1.29, 1.82) is 0 Å². The van der Waals surface area contributed by atoms with E-state index in [9.17, 15) is 9.18 Å². The zero-order chi connectivity index (χ0) is 14.5. The van der Waals surface area contributed by atoms with Gasteiger partial charge in [0.05, 0.1) is 0 Å². The molecule has 1 fully saturated rings. The van der Waals surface area contributed by atoms with Crippen molar-refractivity contribution < 1.29 is 9.18 Å². The van der Waals surface area contributed by atoms with Crippen LogP contribution in [0.5, 0.6) is 0 Å². The molecule has 1 amide bonds. The van der Waals surface area contributed by atoms with Crippen LogP contribution in [0.4, 0.5) is 4.39 Å². The van der Waals surface area contributed by atoms with Crippen LogP contribution in [0.25, 0.3) is 0 Å². The molecule has 0 radical (unpaired) electrons. The summed E-state index contributed by atoms with van der Waals surface area (Å²) in [6.07, 6.45) is 8.59. The van der Waals surface area contributed by atoms with Crippen molar-refractivity contribution in [3.05, 3.63) is 24.1 Å². The molecule has 1 saturated heterocycles. The van der Waals surface area contributed by atoms with E-state index in [1.165, 1.54) is 6.08 Å². The Bertz CT molecular complexity index is 399. The van der Waals surface area contributed by atoms with E-state index in [0.717, 1.165) is 32.4 Å². The maximum absolute atomic E-state index is 12.9. The van der Waals surface area contributed by atoms with E-state index in [1.54, 1.807) is 6.08 Å². The van der Waals surface area contributed by atoms with Crippen LogP contribution >= 0.6 is 0 Å². The normalized spacial score (nSPS) is 25.1. The lowest BCUT2D eigenvalue weighted by molar-refractivity contribution is -0.136. The summed E-state index contributed by atoms with van der Waals surface area (Å²) >= 11 is 0. The molecule has 0 aromatic heterocycles. The Morgan fingerprint density at radius 3 is 2.80 bits per heavy atom. The van der Waals surface area contributed by atoms with Gasteiger partial charge in [-0.2, -0.15) is 0 Å². The molecule has 1 aliphatic carbocycles. The number of carbonyl (C=O) groups is 1. The number of nitrogens with zero attached hydrogens (tertiary/aromatic N) is 1. The van der Waals surface area contributed by atoms with Gasteiger partial charge in [-0.3, -0.25) is 4.79 Å². The first-order valence-electron chi connectivity index (χ1n) is 7.59. The number of hydrogen-bond acceptors (Lipinski definition) is 2. The van der Waals surface area contributed by atoms with Gasteiger partial charge in [0.25, 0.3) is 0 Å². The molecule has 0 saturated carbocycles. The van der Waals surface area contributed by atoms with E-state index in [2.05, 4.69) is 5.32 Å². The van der Waals surface area contributed by atoms with Crippen LogP contribution in [-0.2, 0) is 4.79 Å². The largest absolute Gasteiger partial charge is 0.342 e. The fraction of sp³-hybridized carbons (Fsp3) is 0.688.